The van der Waals surface area contributed by atoms with Crippen molar-refractivity contribution in [3.8, 4) is 11.5 Å². The first-order chi connectivity index (χ1) is 20.6. The molecule has 2 unspecified atom stereocenters. The van der Waals surface area contributed by atoms with Gasteiger partial charge < -0.3 is 24.4 Å². The predicted octanol–water partition coefficient (Wildman–Crippen LogP) is 6.97. The van der Waals surface area contributed by atoms with Crippen molar-refractivity contribution in [2.24, 2.45) is 0 Å². The van der Waals surface area contributed by atoms with E-state index in [-0.39, 0.29) is 29.3 Å². The summed E-state index contributed by atoms with van der Waals surface area (Å²) in [6.07, 6.45) is 7.65. The Morgan fingerprint density at radius 2 is 1.28 bits per heavy atom. The predicted molar refractivity (Wildman–Crippen MR) is 168 cm³/mol. The van der Waals surface area contributed by atoms with E-state index in [1.54, 1.807) is 32.9 Å². The van der Waals surface area contributed by atoms with Gasteiger partial charge in [0.25, 0.3) is 0 Å². The fourth-order valence-corrected chi connectivity index (χ4v) is 6.54. The van der Waals surface area contributed by atoms with Gasteiger partial charge in [-0.2, -0.15) is 0 Å². The minimum atomic E-state index is -0.688. The average Bonchev–Trinajstić information content (AvgIpc) is 3.36. The van der Waals surface area contributed by atoms with Crippen molar-refractivity contribution in [1.82, 2.24) is 9.80 Å². The Morgan fingerprint density at radius 1 is 0.767 bits per heavy atom. The van der Waals surface area contributed by atoms with Crippen molar-refractivity contribution < 1.29 is 29.0 Å². The maximum Gasteiger partial charge on any atom is 0.513 e. The van der Waals surface area contributed by atoms with Crippen molar-refractivity contribution in [2.75, 3.05) is 32.8 Å². The van der Waals surface area contributed by atoms with E-state index in [1.165, 1.54) is 0 Å². The number of hydrogen-bond acceptors (Lipinski definition) is 6. The van der Waals surface area contributed by atoms with Crippen LogP contribution < -0.4 is 4.74 Å². The third-order valence-electron chi connectivity index (χ3n) is 9.27. The van der Waals surface area contributed by atoms with Crippen LogP contribution in [0.1, 0.15) is 97.1 Å². The normalized spacial score (nSPS) is 22.3. The molecule has 0 saturated carbocycles. The van der Waals surface area contributed by atoms with Gasteiger partial charge in [0.2, 0.25) is 11.8 Å². The van der Waals surface area contributed by atoms with Crippen LogP contribution in [0.5, 0.6) is 11.5 Å². The van der Waals surface area contributed by atoms with Crippen molar-refractivity contribution >= 4 is 18.0 Å². The number of carbonyl (C=O) groups is 3. The van der Waals surface area contributed by atoms with Gasteiger partial charge in [-0.1, -0.05) is 51.0 Å². The molecule has 0 spiro atoms. The molecule has 236 valence electrons. The molecule has 0 bridgehead atoms. The van der Waals surface area contributed by atoms with Crippen LogP contribution in [0.2, 0.25) is 0 Å². The first kappa shape index (κ1) is 33.9. The topological polar surface area (TPSA) is 96.4 Å². The summed E-state index contributed by atoms with van der Waals surface area (Å²) >= 11 is 0. The number of phenols is 1. The third-order valence-corrected chi connectivity index (χ3v) is 9.27. The molecule has 2 atom stereocenters. The van der Waals surface area contributed by atoms with E-state index in [9.17, 15) is 19.5 Å². The lowest BCUT2D eigenvalue weighted by atomic mass is 9.74. The Kier molecular flexibility index (Phi) is 12.5. The number of ether oxygens (including phenoxy) is 2. The molecule has 0 aliphatic carbocycles. The maximum atomic E-state index is 11.9. The fraction of sp³-hybridized carbons (Fsp3) is 0.571. The van der Waals surface area contributed by atoms with Crippen LogP contribution in [0.25, 0.3) is 0 Å². The molecular formula is C35H50N2O6. The summed E-state index contributed by atoms with van der Waals surface area (Å²) in [5.74, 6) is 1.06. The second kappa shape index (κ2) is 15.8. The summed E-state index contributed by atoms with van der Waals surface area (Å²) in [6.45, 7) is 12.8. The smallest absolute Gasteiger partial charge is 0.508 e. The summed E-state index contributed by atoms with van der Waals surface area (Å²) in [4.78, 5) is 39.1. The molecule has 8 heteroatoms. The largest absolute Gasteiger partial charge is 0.513 e. The number of benzene rings is 2. The van der Waals surface area contributed by atoms with Crippen molar-refractivity contribution in [1.29, 1.82) is 0 Å². The van der Waals surface area contributed by atoms with Crippen LogP contribution in [0, 0.1) is 0 Å². The first-order valence-corrected chi connectivity index (χ1v) is 15.8. The molecule has 2 heterocycles. The first-order valence-electron chi connectivity index (χ1n) is 15.8. The minimum Gasteiger partial charge on any atom is -0.508 e. The Balaban J connectivity index is 0.000000242. The van der Waals surface area contributed by atoms with Crippen molar-refractivity contribution in [3.05, 3.63) is 59.7 Å². The van der Waals surface area contributed by atoms with E-state index in [0.29, 0.717) is 18.0 Å². The molecule has 8 nitrogen and oxygen atoms in total. The van der Waals surface area contributed by atoms with Crippen molar-refractivity contribution in [2.45, 2.75) is 96.8 Å². The molecule has 0 aromatic heterocycles. The zero-order chi connectivity index (χ0) is 31.5. The number of amides is 2. The number of nitrogens with zero attached hydrogens (tertiary/aromatic N) is 2. The van der Waals surface area contributed by atoms with Crippen LogP contribution in [-0.4, -0.2) is 65.7 Å². The quantitative estimate of drug-likeness (QED) is 0.287. The van der Waals surface area contributed by atoms with E-state index in [1.807, 2.05) is 34.1 Å². The number of likely N-dealkylation sites (tertiary alicyclic amines) is 2. The van der Waals surface area contributed by atoms with Gasteiger partial charge in [0.1, 0.15) is 11.5 Å². The van der Waals surface area contributed by atoms with Crippen molar-refractivity contribution in [3.63, 3.8) is 0 Å². The summed E-state index contributed by atoms with van der Waals surface area (Å²) < 4.78 is 10.1. The second-order valence-corrected chi connectivity index (χ2v) is 11.9. The lowest BCUT2D eigenvalue weighted by molar-refractivity contribution is -0.130. The van der Waals surface area contributed by atoms with Crippen LogP contribution in [-0.2, 0) is 25.2 Å². The lowest BCUT2D eigenvalue weighted by Crippen LogP contribution is -2.41. The zero-order valence-electron chi connectivity index (χ0n) is 26.7. The van der Waals surface area contributed by atoms with E-state index in [0.717, 1.165) is 82.1 Å². The van der Waals surface area contributed by atoms with E-state index >= 15 is 0 Å². The van der Waals surface area contributed by atoms with Crippen LogP contribution >= 0.6 is 0 Å². The van der Waals surface area contributed by atoms with Gasteiger partial charge in [-0.3, -0.25) is 9.59 Å². The zero-order valence-corrected chi connectivity index (χ0v) is 26.7. The van der Waals surface area contributed by atoms with Gasteiger partial charge in [0, 0.05) is 50.9 Å². The van der Waals surface area contributed by atoms with Gasteiger partial charge in [-0.15, -0.1) is 0 Å². The van der Waals surface area contributed by atoms with Crippen LogP contribution in [0.4, 0.5) is 4.79 Å². The number of phenolic OH excluding ortho intramolecular Hbond substituents is 1. The monoisotopic (exact) mass is 594 g/mol. The molecule has 2 fully saturated rings. The number of aromatic hydroxyl groups is 1. The molecule has 43 heavy (non-hydrogen) atoms. The standard InChI is InChI=1S/C19H27NO4.C16H23NO2/c1-4-19(11-6-7-12-20(14-19)15(3)21)16-9-8-10-17(13-16)24-18(22)23-5-2;1-3-16(14-7-6-8-15(19)11-14)9-4-5-10-17(12-16)13(2)18/h8-10,13H,4-7,11-12,14H2,1-3H3;6-8,11,19H,3-5,9-10,12H2,1-2H3. The van der Waals surface area contributed by atoms with E-state index in [2.05, 4.69) is 26.0 Å². The summed E-state index contributed by atoms with van der Waals surface area (Å²) in [5, 5.41) is 9.72. The SMILES string of the molecule is CCC1(c2cccc(O)c2)CCCCN(C(C)=O)C1.CCOC(=O)Oc1cccc(C2(CC)CCCCN(C(C)=O)C2)c1. The second-order valence-electron chi connectivity index (χ2n) is 11.9. The number of rotatable bonds is 6. The Bertz CT molecular complexity index is 1230. The highest BCUT2D eigenvalue weighted by molar-refractivity contribution is 5.74. The highest BCUT2D eigenvalue weighted by atomic mass is 16.7. The van der Waals surface area contributed by atoms with Gasteiger partial charge in [0.05, 0.1) is 6.61 Å². The van der Waals surface area contributed by atoms with Gasteiger partial charge >= 0.3 is 6.16 Å². The average molecular weight is 595 g/mol. The van der Waals surface area contributed by atoms with E-state index < -0.39 is 6.16 Å². The molecule has 0 radical (unpaired) electrons. The number of hydrogen-bond donors (Lipinski definition) is 1. The molecule has 4 rings (SSSR count). The molecule has 2 aliphatic rings. The van der Waals surface area contributed by atoms with Gasteiger partial charge in [-0.25, -0.2) is 4.79 Å². The molecule has 2 saturated heterocycles. The Hall–Kier alpha value is -3.55. The highest BCUT2D eigenvalue weighted by Gasteiger charge is 2.36. The third kappa shape index (κ3) is 8.97. The highest BCUT2D eigenvalue weighted by Crippen LogP contribution is 2.39. The van der Waals surface area contributed by atoms with Crippen LogP contribution in [0.15, 0.2) is 48.5 Å². The molecule has 1 N–H and O–H groups in total. The van der Waals surface area contributed by atoms with E-state index in [4.69, 9.17) is 9.47 Å². The molecular weight excluding hydrogens is 544 g/mol. The van der Waals surface area contributed by atoms with Crippen LogP contribution in [0.3, 0.4) is 0 Å². The molecule has 2 aromatic rings. The molecule has 2 aliphatic heterocycles. The minimum absolute atomic E-state index is 0.0130. The molecule has 2 amide bonds. The fourth-order valence-electron chi connectivity index (χ4n) is 6.54. The van der Waals surface area contributed by atoms with Gasteiger partial charge in [-0.05, 0) is 80.8 Å². The summed E-state index contributed by atoms with van der Waals surface area (Å²) in [7, 11) is 0. The Labute approximate surface area is 257 Å². The Morgan fingerprint density at radius 3 is 1.74 bits per heavy atom. The maximum absolute atomic E-state index is 11.9. The lowest BCUT2D eigenvalue weighted by Gasteiger charge is -2.36. The number of carbonyl (C=O) groups excluding carboxylic acids is 3. The summed E-state index contributed by atoms with van der Waals surface area (Å²) in [6, 6.07) is 15.1. The molecule has 2 aromatic carbocycles. The summed E-state index contributed by atoms with van der Waals surface area (Å²) in [5.41, 5.74) is 2.15. The van der Waals surface area contributed by atoms with Gasteiger partial charge in [0.15, 0.2) is 0 Å².